The van der Waals surface area contributed by atoms with Crippen molar-refractivity contribution in [2.45, 2.75) is 51.1 Å². The van der Waals surface area contributed by atoms with Crippen molar-refractivity contribution in [1.82, 2.24) is 14.9 Å². The molecule has 1 aliphatic carbocycles. The van der Waals surface area contributed by atoms with E-state index in [1.807, 2.05) is 26.0 Å². The number of ether oxygens (including phenoxy) is 1. The summed E-state index contributed by atoms with van der Waals surface area (Å²) in [6.45, 7) is 5.24. The van der Waals surface area contributed by atoms with Crippen molar-refractivity contribution in [3.05, 3.63) is 50.1 Å². The normalized spacial score (nSPS) is 13.3. The van der Waals surface area contributed by atoms with Crippen molar-refractivity contribution >= 4 is 39.2 Å². The Kier molecular flexibility index (Phi) is 7.33. The van der Waals surface area contributed by atoms with Crippen LogP contribution in [0.25, 0.3) is 15.9 Å². The predicted molar refractivity (Wildman–Crippen MR) is 132 cm³/mol. The van der Waals surface area contributed by atoms with Gasteiger partial charge in [0.15, 0.2) is 5.16 Å². The third kappa shape index (κ3) is 4.92. The van der Waals surface area contributed by atoms with Crippen LogP contribution in [-0.2, 0) is 22.4 Å². The lowest BCUT2D eigenvalue weighted by atomic mass is 9.97. The lowest BCUT2D eigenvalue weighted by Crippen LogP contribution is -2.28. The number of hydrogen-bond acceptors (Lipinski definition) is 6. The zero-order valence-corrected chi connectivity index (χ0v) is 20.5. The molecular formula is C24H29N3O3S2. The summed E-state index contributed by atoms with van der Waals surface area (Å²) in [5.41, 5.74) is 4.14. The lowest BCUT2D eigenvalue weighted by Gasteiger charge is -2.15. The van der Waals surface area contributed by atoms with Crippen molar-refractivity contribution in [2.75, 3.05) is 26.0 Å². The van der Waals surface area contributed by atoms with Gasteiger partial charge in [0.05, 0.1) is 16.8 Å². The first-order valence-electron chi connectivity index (χ1n) is 11.0. The molecule has 0 saturated heterocycles. The molecule has 4 rings (SSSR count). The van der Waals surface area contributed by atoms with Gasteiger partial charge in [-0.25, -0.2) is 4.98 Å². The molecule has 170 valence electrons. The molecule has 0 bridgehead atoms. The summed E-state index contributed by atoms with van der Waals surface area (Å²) in [4.78, 5) is 33.1. The molecule has 2 aromatic heterocycles. The Morgan fingerprint density at radius 2 is 1.97 bits per heavy atom. The second kappa shape index (κ2) is 10.2. The van der Waals surface area contributed by atoms with Gasteiger partial charge in [0.1, 0.15) is 4.83 Å². The highest BCUT2D eigenvalue weighted by atomic mass is 32.2. The fourth-order valence-electron chi connectivity index (χ4n) is 4.22. The first-order valence-corrected chi connectivity index (χ1v) is 12.8. The topological polar surface area (TPSA) is 73.2 Å². The standard InChI is InChI=1S/C24H29N3O3S2/c1-15-11-16(2)13-17(12-15)27-23(29)21-18-7-4-5-8-19(18)32-22(21)26-24(27)31-14-20(28)25-9-6-10-30-3/h11-13H,4-10,14H2,1-3H3,(H,25,28). The van der Waals surface area contributed by atoms with Gasteiger partial charge >= 0.3 is 0 Å². The fourth-order valence-corrected chi connectivity index (χ4v) is 6.36. The number of benzene rings is 1. The molecule has 1 aliphatic rings. The number of amides is 1. The second-order valence-corrected chi connectivity index (χ2v) is 10.3. The van der Waals surface area contributed by atoms with Crippen LogP contribution in [-0.4, -0.2) is 41.5 Å². The molecule has 1 aromatic carbocycles. The summed E-state index contributed by atoms with van der Waals surface area (Å²) in [5, 5.41) is 4.23. The molecular weight excluding hydrogens is 442 g/mol. The maximum Gasteiger partial charge on any atom is 0.267 e. The molecule has 1 amide bonds. The van der Waals surface area contributed by atoms with Gasteiger partial charge in [-0.1, -0.05) is 17.8 Å². The zero-order valence-electron chi connectivity index (χ0n) is 18.8. The van der Waals surface area contributed by atoms with E-state index in [0.717, 1.165) is 59.1 Å². The number of rotatable bonds is 8. The quantitative estimate of drug-likeness (QED) is 0.303. The Hall–Kier alpha value is -2.16. The van der Waals surface area contributed by atoms with Crippen LogP contribution in [0.1, 0.15) is 40.8 Å². The van der Waals surface area contributed by atoms with E-state index in [-0.39, 0.29) is 17.2 Å². The van der Waals surface area contributed by atoms with Crippen molar-refractivity contribution < 1.29 is 9.53 Å². The van der Waals surface area contributed by atoms with E-state index < -0.39 is 0 Å². The minimum absolute atomic E-state index is 0.0256. The first kappa shape index (κ1) is 23.0. The number of thiophene rings is 1. The van der Waals surface area contributed by atoms with Gasteiger partial charge in [0.25, 0.3) is 5.56 Å². The average Bonchev–Trinajstić information content (AvgIpc) is 3.13. The molecule has 0 unspecified atom stereocenters. The molecule has 6 nitrogen and oxygen atoms in total. The van der Waals surface area contributed by atoms with Crippen molar-refractivity contribution in [3.63, 3.8) is 0 Å². The lowest BCUT2D eigenvalue weighted by molar-refractivity contribution is -0.118. The second-order valence-electron chi connectivity index (χ2n) is 8.26. The molecule has 0 atom stereocenters. The minimum Gasteiger partial charge on any atom is -0.385 e. The van der Waals surface area contributed by atoms with E-state index in [0.29, 0.717) is 18.3 Å². The van der Waals surface area contributed by atoms with Crippen molar-refractivity contribution in [3.8, 4) is 5.69 Å². The number of fused-ring (bicyclic) bond motifs is 3. The number of hydrogen-bond donors (Lipinski definition) is 1. The van der Waals surface area contributed by atoms with Crippen LogP contribution in [0.2, 0.25) is 0 Å². The van der Waals surface area contributed by atoms with Crippen molar-refractivity contribution in [1.29, 1.82) is 0 Å². The van der Waals surface area contributed by atoms with Gasteiger partial charge < -0.3 is 10.1 Å². The SMILES string of the molecule is COCCCNC(=O)CSc1nc2sc3c(c2c(=O)n1-c1cc(C)cc(C)c1)CCCC3. The maximum atomic E-state index is 13.8. The number of methoxy groups -OCH3 is 1. The molecule has 0 aliphatic heterocycles. The highest BCUT2D eigenvalue weighted by Gasteiger charge is 2.23. The van der Waals surface area contributed by atoms with Gasteiger partial charge in [-0.2, -0.15) is 0 Å². The van der Waals surface area contributed by atoms with Gasteiger partial charge in [-0.05, 0) is 74.8 Å². The molecule has 2 heterocycles. The van der Waals surface area contributed by atoms with Crippen LogP contribution in [0.4, 0.5) is 0 Å². The van der Waals surface area contributed by atoms with Crippen LogP contribution in [0.3, 0.4) is 0 Å². The summed E-state index contributed by atoms with van der Waals surface area (Å²) in [5.74, 6) is 0.138. The highest BCUT2D eigenvalue weighted by molar-refractivity contribution is 7.99. The van der Waals surface area contributed by atoms with Crippen LogP contribution in [0.15, 0.2) is 28.2 Å². The third-order valence-electron chi connectivity index (χ3n) is 5.60. The van der Waals surface area contributed by atoms with E-state index in [9.17, 15) is 9.59 Å². The van der Waals surface area contributed by atoms with E-state index >= 15 is 0 Å². The van der Waals surface area contributed by atoms with E-state index in [1.165, 1.54) is 22.2 Å². The molecule has 1 N–H and O–H groups in total. The van der Waals surface area contributed by atoms with Crippen LogP contribution >= 0.6 is 23.1 Å². The number of thioether (sulfide) groups is 1. The smallest absolute Gasteiger partial charge is 0.267 e. The maximum absolute atomic E-state index is 13.8. The van der Waals surface area contributed by atoms with E-state index in [2.05, 4.69) is 11.4 Å². The molecule has 8 heteroatoms. The van der Waals surface area contributed by atoms with Crippen molar-refractivity contribution in [2.24, 2.45) is 0 Å². The number of aromatic nitrogens is 2. The summed E-state index contributed by atoms with van der Waals surface area (Å²) >= 11 is 2.96. The predicted octanol–water partition coefficient (Wildman–Crippen LogP) is 4.19. The summed E-state index contributed by atoms with van der Waals surface area (Å²) in [6, 6.07) is 6.11. The summed E-state index contributed by atoms with van der Waals surface area (Å²) < 4.78 is 6.72. The molecule has 0 spiro atoms. The number of nitrogens with zero attached hydrogens (tertiary/aromatic N) is 2. The van der Waals surface area contributed by atoms with E-state index in [1.54, 1.807) is 23.0 Å². The summed E-state index contributed by atoms with van der Waals surface area (Å²) in [7, 11) is 1.65. The Bertz CT molecular complexity index is 1180. The minimum atomic E-state index is -0.0714. The van der Waals surface area contributed by atoms with Gasteiger partial charge in [-0.3, -0.25) is 14.2 Å². The Balaban J connectivity index is 1.73. The molecule has 0 fully saturated rings. The summed E-state index contributed by atoms with van der Waals surface area (Å²) in [6.07, 6.45) is 5.00. The van der Waals surface area contributed by atoms with Gasteiger partial charge in [0, 0.05) is 25.1 Å². The number of carbonyl (C=O) groups excluding carboxylic acids is 1. The van der Waals surface area contributed by atoms with Gasteiger partial charge in [0.2, 0.25) is 5.91 Å². The number of nitrogens with one attached hydrogen (secondary N) is 1. The highest BCUT2D eigenvalue weighted by Crippen LogP contribution is 2.35. The largest absolute Gasteiger partial charge is 0.385 e. The third-order valence-corrected chi connectivity index (χ3v) is 7.73. The van der Waals surface area contributed by atoms with Crippen LogP contribution in [0.5, 0.6) is 0 Å². The molecule has 32 heavy (non-hydrogen) atoms. The fraction of sp³-hybridized carbons (Fsp3) is 0.458. The zero-order chi connectivity index (χ0) is 22.7. The van der Waals surface area contributed by atoms with Crippen LogP contribution in [0, 0.1) is 13.8 Å². The molecule has 0 saturated carbocycles. The monoisotopic (exact) mass is 471 g/mol. The Labute approximate surface area is 196 Å². The van der Waals surface area contributed by atoms with Crippen LogP contribution < -0.4 is 10.9 Å². The molecule has 0 radical (unpaired) electrons. The Morgan fingerprint density at radius 3 is 2.72 bits per heavy atom. The van der Waals surface area contributed by atoms with E-state index in [4.69, 9.17) is 9.72 Å². The Morgan fingerprint density at radius 1 is 1.22 bits per heavy atom. The molecule has 3 aromatic rings. The average molecular weight is 472 g/mol. The van der Waals surface area contributed by atoms with Gasteiger partial charge in [-0.15, -0.1) is 11.3 Å². The number of aryl methyl sites for hydroxylation is 4. The number of carbonyl (C=O) groups is 1. The first-order chi connectivity index (χ1) is 15.5.